The molecular weight excluding hydrogens is 496 g/mol. The Labute approximate surface area is 241 Å². The van der Waals surface area contributed by atoms with E-state index < -0.39 is 5.41 Å². The molecule has 1 N–H and O–H groups in total. The van der Waals surface area contributed by atoms with Crippen LogP contribution in [0.15, 0.2) is 23.3 Å². The number of carbonyl (C=O) groups is 3. The number of hydrogen-bond donors (Lipinski definition) is 1. The summed E-state index contributed by atoms with van der Waals surface area (Å²) in [7, 11) is 0. The van der Waals surface area contributed by atoms with Crippen molar-refractivity contribution in [1.82, 2.24) is 5.32 Å². The van der Waals surface area contributed by atoms with E-state index in [1.807, 2.05) is 39.8 Å². The van der Waals surface area contributed by atoms with E-state index in [4.69, 9.17) is 0 Å². The largest absolute Gasteiger partial charge is 0.352 e. The van der Waals surface area contributed by atoms with Crippen molar-refractivity contribution >= 4 is 17.5 Å². The third-order valence-electron chi connectivity index (χ3n) is 12.3. The van der Waals surface area contributed by atoms with Crippen LogP contribution in [0.4, 0.5) is 0 Å². The lowest BCUT2D eigenvalue weighted by atomic mass is 9.39. The Kier molecular flexibility index (Phi) is 6.88. The smallest absolute Gasteiger partial charge is 0.220 e. The molecule has 5 nitrogen and oxygen atoms in total. The molecular formula is C35H50N2O3. The normalized spacial score (nSPS) is 42.2. The Balaban J connectivity index is 1.53. The predicted octanol–water partition coefficient (Wildman–Crippen LogP) is 7.12. The Bertz CT molecular complexity index is 1230. The van der Waals surface area contributed by atoms with E-state index >= 15 is 0 Å². The van der Waals surface area contributed by atoms with Gasteiger partial charge in [0.1, 0.15) is 6.07 Å². The summed E-state index contributed by atoms with van der Waals surface area (Å²) in [5, 5.41) is 12.9. The molecule has 8 unspecified atom stereocenters. The molecule has 0 aromatic heterocycles. The second-order valence-corrected chi connectivity index (χ2v) is 16.4. The molecule has 5 aliphatic rings. The minimum absolute atomic E-state index is 0.0186. The van der Waals surface area contributed by atoms with Crippen molar-refractivity contribution in [2.45, 2.75) is 119 Å². The van der Waals surface area contributed by atoms with Crippen molar-refractivity contribution in [3.8, 4) is 6.07 Å². The number of amides is 1. The molecule has 0 spiro atoms. The maximum absolute atomic E-state index is 14.4. The highest BCUT2D eigenvalue weighted by atomic mass is 16.2. The highest BCUT2D eigenvalue weighted by molar-refractivity contribution is 6.02. The van der Waals surface area contributed by atoms with Crippen molar-refractivity contribution in [2.75, 3.05) is 0 Å². The minimum atomic E-state index is -0.447. The molecule has 5 rings (SSSR count). The Hall–Kier alpha value is -2.22. The molecule has 0 heterocycles. The molecule has 40 heavy (non-hydrogen) atoms. The zero-order chi connectivity index (χ0) is 29.5. The molecule has 3 saturated carbocycles. The average molecular weight is 547 g/mol. The van der Waals surface area contributed by atoms with Crippen molar-refractivity contribution in [2.24, 2.45) is 51.2 Å². The van der Waals surface area contributed by atoms with Gasteiger partial charge in [0.25, 0.3) is 0 Å². The van der Waals surface area contributed by atoms with Gasteiger partial charge < -0.3 is 5.32 Å². The Morgan fingerprint density at radius 1 is 1.02 bits per heavy atom. The van der Waals surface area contributed by atoms with Gasteiger partial charge in [-0.1, -0.05) is 46.3 Å². The van der Waals surface area contributed by atoms with Gasteiger partial charge in [-0.2, -0.15) is 5.26 Å². The molecule has 0 radical (unpaired) electrons. The van der Waals surface area contributed by atoms with E-state index in [-0.39, 0.29) is 74.4 Å². The number of nitrogens with zero attached hydrogens (tertiary/aromatic N) is 1. The Morgan fingerprint density at radius 3 is 2.35 bits per heavy atom. The maximum atomic E-state index is 14.4. The van der Waals surface area contributed by atoms with Gasteiger partial charge in [-0.25, -0.2) is 0 Å². The highest BCUT2D eigenvalue weighted by Crippen LogP contribution is 2.70. The number of Topliss-reactive ketones (excluding diaryl/α,β-unsaturated/α-hetero) is 1. The van der Waals surface area contributed by atoms with Crippen LogP contribution in [-0.4, -0.2) is 23.0 Å². The summed E-state index contributed by atoms with van der Waals surface area (Å²) in [5.74, 6) is 0.762. The standard InChI is InChI=1S/C35H50N2O3/c1-21-23-9-12-33(7)24-10-13-35(14-11-28(39)37-31(2,3)4)16-15-32(5,6)19-25(35)29(24)26(38)17-27(33)34(23,8)18-22(20-36)30(21)40/h17-18,21,23-25,29H,9-16,19H2,1-8H3,(H,37,39). The van der Waals surface area contributed by atoms with Gasteiger partial charge in [-0.15, -0.1) is 0 Å². The van der Waals surface area contributed by atoms with Crippen LogP contribution in [0, 0.1) is 62.6 Å². The summed E-state index contributed by atoms with van der Waals surface area (Å²) >= 11 is 0. The Morgan fingerprint density at radius 2 is 1.70 bits per heavy atom. The van der Waals surface area contributed by atoms with E-state index in [0.29, 0.717) is 6.42 Å². The molecule has 0 bridgehead atoms. The van der Waals surface area contributed by atoms with Gasteiger partial charge >= 0.3 is 0 Å². The van der Waals surface area contributed by atoms with Crippen LogP contribution in [0.25, 0.3) is 0 Å². The topological polar surface area (TPSA) is 87.0 Å². The maximum Gasteiger partial charge on any atom is 0.220 e. The van der Waals surface area contributed by atoms with E-state index in [0.717, 1.165) is 51.4 Å². The second kappa shape index (κ2) is 9.40. The summed E-state index contributed by atoms with van der Waals surface area (Å²) in [6.45, 7) is 17.3. The zero-order valence-corrected chi connectivity index (χ0v) is 26.1. The van der Waals surface area contributed by atoms with E-state index in [9.17, 15) is 19.6 Å². The molecule has 0 aromatic rings. The van der Waals surface area contributed by atoms with Crippen molar-refractivity contribution < 1.29 is 14.4 Å². The lowest BCUT2D eigenvalue weighted by molar-refractivity contribution is -0.148. The van der Waals surface area contributed by atoms with E-state index in [1.165, 1.54) is 5.57 Å². The molecule has 0 aromatic carbocycles. The fourth-order valence-electron chi connectivity index (χ4n) is 10.3. The monoisotopic (exact) mass is 546 g/mol. The number of ketones is 2. The average Bonchev–Trinajstić information content (AvgIpc) is 2.85. The minimum Gasteiger partial charge on any atom is -0.352 e. The molecule has 3 fully saturated rings. The SMILES string of the molecule is CC1C(=O)C(C#N)=CC2(C)C3=CC(=O)C4C5CC(C)(C)CCC5(CCC(=O)NC(C)(C)C)CCC4C3(C)CCC12. The first kappa shape index (κ1) is 29.3. The fourth-order valence-corrected chi connectivity index (χ4v) is 10.3. The number of hydrogen-bond acceptors (Lipinski definition) is 4. The van der Waals surface area contributed by atoms with E-state index in [2.05, 4.69) is 39.1 Å². The summed E-state index contributed by atoms with van der Waals surface area (Å²) < 4.78 is 0. The predicted molar refractivity (Wildman–Crippen MR) is 157 cm³/mol. The van der Waals surface area contributed by atoms with Gasteiger partial charge in [-0.05, 0) is 112 Å². The summed E-state index contributed by atoms with van der Waals surface area (Å²) in [5.41, 5.74) is 0.825. The fraction of sp³-hybridized carbons (Fsp3) is 0.771. The van der Waals surface area contributed by atoms with Gasteiger partial charge in [0, 0.05) is 29.2 Å². The first-order chi connectivity index (χ1) is 18.5. The number of nitriles is 1. The van der Waals surface area contributed by atoms with Gasteiger partial charge in [0.05, 0.1) is 5.57 Å². The molecule has 218 valence electrons. The quantitative estimate of drug-likeness (QED) is 0.408. The van der Waals surface area contributed by atoms with E-state index in [1.54, 1.807) is 0 Å². The summed E-state index contributed by atoms with van der Waals surface area (Å²) in [6.07, 6.45) is 12.5. The molecule has 0 saturated heterocycles. The van der Waals surface area contributed by atoms with Crippen LogP contribution in [0.3, 0.4) is 0 Å². The lowest BCUT2D eigenvalue weighted by Gasteiger charge is -2.64. The molecule has 1 amide bonds. The summed E-state index contributed by atoms with van der Waals surface area (Å²) in [6, 6.07) is 2.17. The zero-order valence-electron chi connectivity index (χ0n) is 26.1. The third-order valence-corrected chi connectivity index (χ3v) is 12.3. The van der Waals surface area contributed by atoms with Crippen LogP contribution in [0.1, 0.15) is 113 Å². The number of rotatable bonds is 3. The van der Waals surface area contributed by atoms with Crippen LogP contribution < -0.4 is 5.32 Å². The van der Waals surface area contributed by atoms with Crippen LogP contribution in [0.2, 0.25) is 0 Å². The number of carbonyl (C=O) groups excluding carboxylic acids is 3. The number of allylic oxidation sites excluding steroid dienone is 4. The number of nitrogens with one attached hydrogen (secondary N) is 1. The van der Waals surface area contributed by atoms with Gasteiger partial charge in [-0.3, -0.25) is 14.4 Å². The summed E-state index contributed by atoms with van der Waals surface area (Å²) in [4.78, 5) is 40.2. The van der Waals surface area contributed by atoms with Crippen LogP contribution >= 0.6 is 0 Å². The van der Waals surface area contributed by atoms with Gasteiger partial charge in [0.15, 0.2) is 11.6 Å². The lowest BCUT2D eigenvalue weighted by Crippen LogP contribution is -2.59. The van der Waals surface area contributed by atoms with Crippen molar-refractivity contribution in [1.29, 1.82) is 5.26 Å². The molecule has 5 heteroatoms. The van der Waals surface area contributed by atoms with Crippen molar-refractivity contribution in [3.05, 3.63) is 23.3 Å². The molecule has 0 aliphatic heterocycles. The van der Waals surface area contributed by atoms with Crippen LogP contribution in [-0.2, 0) is 14.4 Å². The van der Waals surface area contributed by atoms with Crippen molar-refractivity contribution in [3.63, 3.8) is 0 Å². The molecule has 8 atom stereocenters. The second-order valence-electron chi connectivity index (χ2n) is 16.4. The van der Waals surface area contributed by atoms with Gasteiger partial charge in [0.2, 0.25) is 5.91 Å². The third kappa shape index (κ3) is 4.53. The number of fused-ring (bicyclic) bond motifs is 7. The van der Waals surface area contributed by atoms with Crippen LogP contribution in [0.5, 0.6) is 0 Å². The first-order valence-electron chi connectivity index (χ1n) is 15.7. The first-order valence-corrected chi connectivity index (χ1v) is 15.7. The molecule has 5 aliphatic carbocycles. The highest BCUT2D eigenvalue weighted by Gasteiger charge is 2.64.